The van der Waals surface area contributed by atoms with Gasteiger partial charge in [-0.2, -0.15) is 0 Å². The van der Waals surface area contributed by atoms with Crippen LogP contribution >= 0.6 is 23.2 Å². The summed E-state index contributed by atoms with van der Waals surface area (Å²) in [5.74, 6) is -0.753. The van der Waals surface area contributed by atoms with Crippen molar-refractivity contribution in [2.24, 2.45) is 0 Å². The molecule has 3 rings (SSSR count). The van der Waals surface area contributed by atoms with Crippen molar-refractivity contribution in [3.05, 3.63) is 69.7 Å². The van der Waals surface area contributed by atoms with E-state index in [1.807, 2.05) is 29.2 Å². The third-order valence-corrected chi connectivity index (χ3v) is 6.44. The molecule has 178 valence electrons. The lowest BCUT2D eigenvalue weighted by Gasteiger charge is -2.39. The molecular weight excluding hydrogens is 461 g/mol. The van der Waals surface area contributed by atoms with Gasteiger partial charge in [0.25, 0.3) is 0 Å². The lowest BCUT2D eigenvalue weighted by molar-refractivity contribution is -0.137. The molecule has 8 heteroatoms. The van der Waals surface area contributed by atoms with Crippen molar-refractivity contribution < 1.29 is 14.7 Å². The van der Waals surface area contributed by atoms with Crippen molar-refractivity contribution in [2.75, 3.05) is 32.7 Å². The molecule has 0 unspecified atom stereocenters. The number of unbranched alkanes of at least 4 members (excludes halogenated alkanes) is 3. The van der Waals surface area contributed by atoms with E-state index < -0.39 is 5.97 Å². The summed E-state index contributed by atoms with van der Waals surface area (Å²) in [5, 5.41) is 13.1. The minimum Gasteiger partial charge on any atom is -0.481 e. The number of aliphatic carboxylic acids is 1. The van der Waals surface area contributed by atoms with Crippen LogP contribution in [0, 0.1) is 0 Å². The van der Waals surface area contributed by atoms with Crippen LogP contribution in [0.5, 0.6) is 0 Å². The summed E-state index contributed by atoms with van der Waals surface area (Å²) in [6.45, 7) is 3.45. The predicted octanol–water partition coefficient (Wildman–Crippen LogP) is 5.45. The minimum absolute atomic E-state index is 0.0327. The summed E-state index contributed by atoms with van der Waals surface area (Å²) in [4.78, 5) is 27.3. The first-order chi connectivity index (χ1) is 15.9. The van der Waals surface area contributed by atoms with E-state index in [9.17, 15) is 9.59 Å². The Hall–Kier alpha value is -2.28. The molecule has 0 saturated carbocycles. The molecule has 2 aromatic rings. The zero-order chi connectivity index (χ0) is 23.6. The van der Waals surface area contributed by atoms with Crippen LogP contribution in [0.1, 0.15) is 49.3 Å². The quantitative estimate of drug-likeness (QED) is 0.433. The van der Waals surface area contributed by atoms with Gasteiger partial charge in [-0.1, -0.05) is 60.3 Å². The topological polar surface area (TPSA) is 72.9 Å². The molecule has 1 saturated heterocycles. The number of hydrogen-bond acceptors (Lipinski definition) is 3. The monoisotopic (exact) mass is 491 g/mol. The van der Waals surface area contributed by atoms with Crippen LogP contribution in [0.4, 0.5) is 4.79 Å². The molecule has 0 bridgehead atoms. The molecular formula is C25H31Cl2N3O3. The number of carbonyl (C=O) groups excluding carboxylic acids is 1. The van der Waals surface area contributed by atoms with E-state index in [4.69, 9.17) is 28.3 Å². The first-order valence-electron chi connectivity index (χ1n) is 11.4. The van der Waals surface area contributed by atoms with Gasteiger partial charge in [-0.25, -0.2) is 4.79 Å². The van der Waals surface area contributed by atoms with Crippen LogP contribution in [0.2, 0.25) is 10.0 Å². The minimum atomic E-state index is -0.753. The summed E-state index contributed by atoms with van der Waals surface area (Å²) >= 11 is 12.2. The summed E-state index contributed by atoms with van der Waals surface area (Å²) < 4.78 is 0. The maximum atomic E-state index is 12.6. The molecule has 0 radical (unpaired) electrons. The van der Waals surface area contributed by atoms with Crippen LogP contribution in [-0.2, 0) is 4.79 Å². The zero-order valence-corrected chi connectivity index (χ0v) is 20.2. The zero-order valence-electron chi connectivity index (χ0n) is 18.7. The van der Waals surface area contributed by atoms with Crippen LogP contribution in [0.15, 0.2) is 48.5 Å². The van der Waals surface area contributed by atoms with Gasteiger partial charge in [-0.15, -0.1) is 0 Å². The third kappa shape index (κ3) is 7.91. The summed E-state index contributed by atoms with van der Waals surface area (Å²) in [6.07, 6.45) is 3.56. The van der Waals surface area contributed by atoms with E-state index in [1.54, 1.807) is 0 Å². The van der Waals surface area contributed by atoms with E-state index in [2.05, 4.69) is 34.5 Å². The van der Waals surface area contributed by atoms with Gasteiger partial charge >= 0.3 is 12.0 Å². The van der Waals surface area contributed by atoms with Gasteiger partial charge in [0.15, 0.2) is 0 Å². The van der Waals surface area contributed by atoms with Crippen molar-refractivity contribution in [2.45, 2.75) is 38.1 Å². The highest BCUT2D eigenvalue weighted by molar-refractivity contribution is 6.30. The lowest BCUT2D eigenvalue weighted by Crippen LogP contribution is -2.52. The molecule has 2 amide bonds. The number of carboxylic acids is 1. The van der Waals surface area contributed by atoms with E-state index in [0.29, 0.717) is 36.1 Å². The molecule has 6 nitrogen and oxygen atoms in total. The largest absolute Gasteiger partial charge is 0.481 e. The number of carboxylic acid groups (broad SMARTS) is 1. The maximum absolute atomic E-state index is 12.6. The number of urea groups is 1. The Kier molecular flexibility index (Phi) is 9.85. The Bertz CT molecular complexity index is 853. The molecule has 33 heavy (non-hydrogen) atoms. The van der Waals surface area contributed by atoms with E-state index in [-0.39, 0.29) is 18.5 Å². The molecule has 1 aliphatic heterocycles. The Morgan fingerprint density at radius 3 is 1.85 bits per heavy atom. The SMILES string of the molecule is O=C(O)CCCCCCNC(=O)N1CCN(C(c2ccc(Cl)cc2)c2ccc(Cl)cc2)CC1. The number of carbonyl (C=O) groups is 2. The average molecular weight is 492 g/mol. The molecule has 0 aromatic heterocycles. The first kappa shape index (κ1) is 25.3. The van der Waals surface area contributed by atoms with E-state index in [0.717, 1.165) is 43.5 Å². The average Bonchev–Trinajstić information content (AvgIpc) is 2.81. The standard InChI is InChI=1S/C25H31Cl2N3O3/c26-21-10-6-19(7-11-21)24(20-8-12-22(27)13-9-20)29-15-17-30(18-16-29)25(33)28-14-4-2-1-3-5-23(31)32/h6-13,24H,1-5,14-18H2,(H,28,33)(H,31,32). The number of amides is 2. The van der Waals surface area contributed by atoms with Crippen LogP contribution < -0.4 is 5.32 Å². The molecule has 0 aliphatic carbocycles. The Balaban J connectivity index is 1.51. The second kappa shape index (κ2) is 12.8. The Labute approximate surface area is 205 Å². The predicted molar refractivity (Wildman–Crippen MR) is 132 cm³/mol. The van der Waals surface area contributed by atoms with Crippen LogP contribution in [-0.4, -0.2) is 59.6 Å². The lowest BCUT2D eigenvalue weighted by atomic mass is 9.96. The van der Waals surface area contributed by atoms with Crippen molar-refractivity contribution in [3.63, 3.8) is 0 Å². The highest BCUT2D eigenvalue weighted by atomic mass is 35.5. The van der Waals surface area contributed by atoms with Crippen molar-refractivity contribution >= 4 is 35.2 Å². The fourth-order valence-corrected chi connectivity index (χ4v) is 4.40. The molecule has 1 heterocycles. The molecule has 2 aromatic carbocycles. The second-order valence-corrected chi connectivity index (χ2v) is 9.19. The van der Waals surface area contributed by atoms with Gasteiger partial charge < -0.3 is 15.3 Å². The normalized spacial score (nSPS) is 14.5. The van der Waals surface area contributed by atoms with Gasteiger partial charge in [0.05, 0.1) is 6.04 Å². The molecule has 0 spiro atoms. The highest BCUT2D eigenvalue weighted by Crippen LogP contribution is 2.31. The van der Waals surface area contributed by atoms with E-state index >= 15 is 0 Å². The number of piperazine rings is 1. The molecule has 1 fully saturated rings. The van der Waals surface area contributed by atoms with Gasteiger partial charge in [0.1, 0.15) is 0 Å². The number of halogens is 2. The fourth-order valence-electron chi connectivity index (χ4n) is 4.15. The number of hydrogen-bond donors (Lipinski definition) is 2. The van der Waals surface area contributed by atoms with Gasteiger partial charge in [-0.05, 0) is 48.2 Å². The second-order valence-electron chi connectivity index (χ2n) is 8.32. The molecule has 0 atom stereocenters. The highest BCUT2D eigenvalue weighted by Gasteiger charge is 2.28. The maximum Gasteiger partial charge on any atom is 0.317 e. The van der Waals surface area contributed by atoms with Gasteiger partial charge in [-0.3, -0.25) is 9.69 Å². The summed E-state index contributed by atoms with van der Waals surface area (Å²) in [6, 6.07) is 15.9. The molecule has 1 aliphatic rings. The van der Waals surface area contributed by atoms with Crippen molar-refractivity contribution in [1.29, 1.82) is 0 Å². The smallest absolute Gasteiger partial charge is 0.317 e. The van der Waals surface area contributed by atoms with Crippen molar-refractivity contribution in [3.8, 4) is 0 Å². The van der Waals surface area contributed by atoms with Crippen LogP contribution in [0.3, 0.4) is 0 Å². The fraction of sp³-hybridized carbons (Fsp3) is 0.440. The van der Waals surface area contributed by atoms with Gasteiger partial charge in [0, 0.05) is 49.2 Å². The third-order valence-electron chi connectivity index (χ3n) is 5.93. The first-order valence-corrected chi connectivity index (χ1v) is 12.2. The summed E-state index contributed by atoms with van der Waals surface area (Å²) in [7, 11) is 0. The number of benzene rings is 2. The summed E-state index contributed by atoms with van der Waals surface area (Å²) in [5.41, 5.74) is 2.31. The Morgan fingerprint density at radius 1 is 0.818 bits per heavy atom. The Morgan fingerprint density at radius 2 is 1.33 bits per heavy atom. The van der Waals surface area contributed by atoms with E-state index in [1.165, 1.54) is 0 Å². The van der Waals surface area contributed by atoms with Gasteiger partial charge in [0.2, 0.25) is 0 Å². The number of nitrogens with zero attached hydrogens (tertiary/aromatic N) is 2. The molecule has 2 N–H and O–H groups in total. The number of rotatable bonds is 10. The number of nitrogens with one attached hydrogen (secondary N) is 1. The van der Waals surface area contributed by atoms with Crippen LogP contribution in [0.25, 0.3) is 0 Å². The van der Waals surface area contributed by atoms with Crippen molar-refractivity contribution in [1.82, 2.24) is 15.1 Å².